The van der Waals surface area contributed by atoms with Crippen LogP contribution in [0.3, 0.4) is 0 Å². The monoisotopic (exact) mass is 436 g/mol. The molecule has 0 amide bonds. The van der Waals surface area contributed by atoms with Crippen molar-refractivity contribution >= 4 is 26.6 Å². The lowest BCUT2D eigenvalue weighted by Gasteiger charge is -2.09. The summed E-state index contributed by atoms with van der Waals surface area (Å²) in [5.74, 6) is 1.20. The van der Waals surface area contributed by atoms with Crippen molar-refractivity contribution in [3.05, 3.63) is 71.5 Å². The molecule has 2 heterocycles. The number of benzene rings is 2. The molecule has 160 valence electrons. The van der Waals surface area contributed by atoms with Crippen molar-refractivity contribution in [3.8, 4) is 5.82 Å². The van der Waals surface area contributed by atoms with E-state index in [0.717, 1.165) is 27.7 Å². The molecule has 4 aromatic rings. The van der Waals surface area contributed by atoms with Crippen molar-refractivity contribution in [2.24, 2.45) is 0 Å². The van der Waals surface area contributed by atoms with E-state index in [2.05, 4.69) is 25.3 Å². The van der Waals surface area contributed by atoms with Gasteiger partial charge in [0.2, 0.25) is 10.0 Å². The Balaban J connectivity index is 1.35. The van der Waals surface area contributed by atoms with Crippen LogP contribution < -0.4 is 10.0 Å². The van der Waals surface area contributed by atoms with Crippen molar-refractivity contribution in [1.82, 2.24) is 24.7 Å². The summed E-state index contributed by atoms with van der Waals surface area (Å²) >= 11 is 0. The SMILES string of the molecule is Cc1nn(-c2ccc(NCCNS(=O)(=O)c3ccc4ccccc4c3)nn2)c(C)c1C. The Morgan fingerprint density at radius 2 is 1.68 bits per heavy atom. The van der Waals surface area contributed by atoms with Gasteiger partial charge in [-0.3, -0.25) is 0 Å². The van der Waals surface area contributed by atoms with Gasteiger partial charge >= 0.3 is 0 Å². The average Bonchev–Trinajstić information content (AvgIpc) is 3.04. The molecule has 31 heavy (non-hydrogen) atoms. The fraction of sp³-hybridized carbons (Fsp3) is 0.227. The van der Waals surface area contributed by atoms with Gasteiger partial charge in [0.25, 0.3) is 0 Å². The molecular weight excluding hydrogens is 412 g/mol. The molecule has 2 aromatic heterocycles. The highest BCUT2D eigenvalue weighted by atomic mass is 32.2. The highest BCUT2D eigenvalue weighted by Crippen LogP contribution is 2.19. The number of rotatable bonds is 7. The van der Waals surface area contributed by atoms with Gasteiger partial charge in [0.05, 0.1) is 10.6 Å². The van der Waals surface area contributed by atoms with Crippen LogP contribution in [0.25, 0.3) is 16.6 Å². The Morgan fingerprint density at radius 3 is 2.35 bits per heavy atom. The normalized spacial score (nSPS) is 11.7. The van der Waals surface area contributed by atoms with Gasteiger partial charge in [-0.15, -0.1) is 10.2 Å². The summed E-state index contributed by atoms with van der Waals surface area (Å²) in [6.07, 6.45) is 0. The number of hydrogen-bond donors (Lipinski definition) is 2. The first-order valence-corrected chi connectivity index (χ1v) is 11.4. The molecule has 0 radical (unpaired) electrons. The number of hydrogen-bond acceptors (Lipinski definition) is 6. The molecular formula is C22H24N6O2S. The number of aromatic nitrogens is 4. The van der Waals surface area contributed by atoms with Crippen LogP contribution in [0.1, 0.15) is 17.0 Å². The second-order valence-corrected chi connectivity index (χ2v) is 9.08. The van der Waals surface area contributed by atoms with E-state index in [4.69, 9.17) is 0 Å². The third-order valence-corrected chi connectivity index (χ3v) is 6.73. The van der Waals surface area contributed by atoms with Crippen LogP contribution in [0.5, 0.6) is 0 Å². The summed E-state index contributed by atoms with van der Waals surface area (Å²) in [5, 5.41) is 17.8. The largest absolute Gasteiger partial charge is 0.367 e. The quantitative estimate of drug-likeness (QED) is 0.432. The van der Waals surface area contributed by atoms with Gasteiger partial charge in [0, 0.05) is 18.8 Å². The highest BCUT2D eigenvalue weighted by molar-refractivity contribution is 7.89. The van der Waals surface area contributed by atoms with E-state index in [-0.39, 0.29) is 11.4 Å². The van der Waals surface area contributed by atoms with Crippen LogP contribution in [0.2, 0.25) is 0 Å². The maximum Gasteiger partial charge on any atom is 0.240 e. The minimum Gasteiger partial charge on any atom is -0.367 e. The minimum atomic E-state index is -3.59. The first kappa shape index (κ1) is 21.0. The molecule has 0 saturated carbocycles. The summed E-state index contributed by atoms with van der Waals surface area (Å²) in [4.78, 5) is 0.246. The number of sulfonamides is 1. The molecule has 0 saturated heterocycles. The number of nitrogens with one attached hydrogen (secondary N) is 2. The molecule has 0 fully saturated rings. The maximum atomic E-state index is 12.6. The first-order valence-electron chi connectivity index (χ1n) is 9.94. The van der Waals surface area contributed by atoms with Crippen LogP contribution >= 0.6 is 0 Å². The van der Waals surface area contributed by atoms with Crippen LogP contribution in [0.15, 0.2) is 59.5 Å². The van der Waals surface area contributed by atoms with E-state index in [9.17, 15) is 8.42 Å². The van der Waals surface area contributed by atoms with Crippen molar-refractivity contribution in [3.63, 3.8) is 0 Å². The topological polar surface area (TPSA) is 102 Å². The molecule has 0 atom stereocenters. The minimum absolute atomic E-state index is 0.218. The zero-order valence-electron chi connectivity index (χ0n) is 17.6. The predicted molar refractivity (Wildman–Crippen MR) is 121 cm³/mol. The Hall–Kier alpha value is -3.30. The lowest BCUT2D eigenvalue weighted by molar-refractivity contribution is 0.583. The number of fused-ring (bicyclic) bond motifs is 1. The third kappa shape index (κ3) is 4.42. The Morgan fingerprint density at radius 1 is 0.903 bits per heavy atom. The van der Waals surface area contributed by atoms with Gasteiger partial charge in [0.15, 0.2) is 5.82 Å². The molecule has 8 nitrogen and oxygen atoms in total. The summed E-state index contributed by atoms with van der Waals surface area (Å²) < 4.78 is 29.5. The van der Waals surface area contributed by atoms with Crippen molar-refractivity contribution in [2.75, 3.05) is 18.4 Å². The molecule has 0 aliphatic rings. The van der Waals surface area contributed by atoms with Gasteiger partial charge in [-0.05, 0) is 61.4 Å². The van der Waals surface area contributed by atoms with Gasteiger partial charge in [-0.25, -0.2) is 17.8 Å². The van der Waals surface area contributed by atoms with E-state index in [0.29, 0.717) is 18.2 Å². The third-order valence-electron chi connectivity index (χ3n) is 5.28. The standard InChI is InChI=1S/C22H24N6O2S/c1-15-16(2)27-28(17(15)3)22-11-10-21(25-26-22)23-12-13-24-31(29,30)20-9-8-18-6-4-5-7-19(18)14-20/h4-11,14,24H,12-13H2,1-3H3,(H,23,25). The van der Waals surface area contributed by atoms with Gasteiger partial charge in [-0.2, -0.15) is 5.10 Å². The molecule has 0 aliphatic carbocycles. The summed E-state index contributed by atoms with van der Waals surface area (Å²) in [6, 6.07) is 16.4. The summed E-state index contributed by atoms with van der Waals surface area (Å²) in [5.41, 5.74) is 3.11. The van der Waals surface area contributed by atoms with Crippen molar-refractivity contribution < 1.29 is 8.42 Å². The van der Waals surface area contributed by atoms with E-state index in [1.807, 2.05) is 57.2 Å². The first-order chi connectivity index (χ1) is 14.8. The average molecular weight is 437 g/mol. The van der Waals surface area contributed by atoms with E-state index in [1.54, 1.807) is 22.9 Å². The van der Waals surface area contributed by atoms with Crippen molar-refractivity contribution in [1.29, 1.82) is 0 Å². The van der Waals surface area contributed by atoms with Crippen molar-refractivity contribution in [2.45, 2.75) is 25.7 Å². The van der Waals surface area contributed by atoms with E-state index >= 15 is 0 Å². The predicted octanol–water partition coefficient (Wildman–Crippen LogP) is 3.13. The van der Waals surface area contributed by atoms with Crippen LogP contribution in [-0.4, -0.2) is 41.5 Å². The van der Waals surface area contributed by atoms with Crippen LogP contribution in [0.4, 0.5) is 5.82 Å². The molecule has 0 unspecified atom stereocenters. The Kier molecular flexibility index (Phi) is 5.71. The van der Waals surface area contributed by atoms with Crippen LogP contribution in [0, 0.1) is 20.8 Å². The number of anilines is 1. The lowest BCUT2D eigenvalue weighted by Crippen LogP contribution is -2.29. The van der Waals surface area contributed by atoms with Gasteiger partial charge < -0.3 is 5.32 Å². The molecule has 0 aliphatic heterocycles. The Bertz CT molecular complexity index is 1330. The molecule has 2 aromatic carbocycles. The summed E-state index contributed by atoms with van der Waals surface area (Å²) in [6.45, 7) is 6.57. The van der Waals surface area contributed by atoms with E-state index in [1.165, 1.54) is 0 Å². The number of aryl methyl sites for hydroxylation is 1. The highest BCUT2D eigenvalue weighted by Gasteiger charge is 2.14. The van der Waals surface area contributed by atoms with E-state index < -0.39 is 10.0 Å². The molecule has 0 bridgehead atoms. The van der Waals surface area contributed by atoms with Crippen LogP contribution in [-0.2, 0) is 10.0 Å². The molecule has 4 rings (SSSR count). The molecule has 2 N–H and O–H groups in total. The lowest BCUT2D eigenvalue weighted by atomic mass is 10.1. The number of nitrogens with zero attached hydrogens (tertiary/aromatic N) is 4. The van der Waals surface area contributed by atoms with Gasteiger partial charge in [-0.1, -0.05) is 30.3 Å². The maximum absolute atomic E-state index is 12.6. The second kappa shape index (κ2) is 8.44. The molecule has 9 heteroatoms. The zero-order chi connectivity index (χ0) is 22.0. The fourth-order valence-corrected chi connectivity index (χ4v) is 4.34. The molecule has 0 spiro atoms. The van der Waals surface area contributed by atoms with Gasteiger partial charge in [0.1, 0.15) is 5.82 Å². The fourth-order valence-electron chi connectivity index (χ4n) is 3.27. The smallest absolute Gasteiger partial charge is 0.240 e. The summed E-state index contributed by atoms with van der Waals surface area (Å²) in [7, 11) is -3.59. The second-order valence-electron chi connectivity index (χ2n) is 7.32. The zero-order valence-corrected chi connectivity index (χ0v) is 18.4. The Labute approximate surface area is 181 Å².